The van der Waals surface area contributed by atoms with Crippen molar-refractivity contribution in [2.75, 3.05) is 0 Å². The maximum Gasteiger partial charge on any atom is 0.317 e. The molecule has 0 saturated heterocycles. The molecule has 0 rings (SSSR count). The van der Waals surface area contributed by atoms with E-state index in [9.17, 15) is 14.2 Å². The zero-order valence-electron chi connectivity index (χ0n) is 6.72. The average molecular weight is 193 g/mol. The lowest BCUT2D eigenvalue weighted by atomic mass is 10.5. The molecule has 0 aliphatic heterocycles. The Morgan fingerprint density at radius 2 is 1.33 bits per heavy atom. The Morgan fingerprint density at radius 3 is 1.50 bits per heavy atom. The molecule has 0 fully saturated rings. The quantitative estimate of drug-likeness (QED) is 0.643. The van der Waals surface area contributed by atoms with E-state index in [0.717, 1.165) is 0 Å². The minimum Gasteiger partial charge on any atom is -0.480 e. The normalized spacial score (nSPS) is 16.3. The molecule has 6 heteroatoms. The largest absolute Gasteiger partial charge is 0.480 e. The lowest BCUT2D eigenvalue weighted by Crippen LogP contribution is -2.20. The SMILES string of the molecule is CC(C(=O)O)[P](=O)C(C)C(=O)O. The standard InChI is InChI=1S/C6H10O5P/c1-3(5(7)8)12(11)4(2)6(9)10/h3-4H,1-2H3,(H,7,8)(H,9,10). The van der Waals surface area contributed by atoms with Crippen molar-refractivity contribution in [3.8, 4) is 0 Å². The number of hydrogen-bond acceptors (Lipinski definition) is 3. The van der Waals surface area contributed by atoms with Crippen molar-refractivity contribution in [1.82, 2.24) is 0 Å². The molecule has 1 radical (unpaired) electrons. The van der Waals surface area contributed by atoms with Gasteiger partial charge in [-0.3, -0.25) is 14.2 Å². The monoisotopic (exact) mass is 193 g/mol. The molecule has 0 aliphatic rings. The van der Waals surface area contributed by atoms with E-state index in [0.29, 0.717) is 0 Å². The van der Waals surface area contributed by atoms with Crippen molar-refractivity contribution in [2.24, 2.45) is 0 Å². The average Bonchev–Trinajstić information content (AvgIpc) is 2.00. The Labute approximate surface area is 70.2 Å². The van der Waals surface area contributed by atoms with Crippen molar-refractivity contribution in [3.63, 3.8) is 0 Å². The Kier molecular flexibility index (Phi) is 3.83. The summed E-state index contributed by atoms with van der Waals surface area (Å²) in [5, 5.41) is 16.8. The molecule has 5 nitrogen and oxygen atoms in total. The van der Waals surface area contributed by atoms with Gasteiger partial charge < -0.3 is 10.2 Å². The number of aliphatic carboxylic acids is 2. The van der Waals surface area contributed by atoms with Crippen LogP contribution in [0.2, 0.25) is 0 Å². The van der Waals surface area contributed by atoms with E-state index in [1.165, 1.54) is 13.8 Å². The lowest BCUT2D eigenvalue weighted by Gasteiger charge is -2.08. The molecular formula is C6H10O5P. The summed E-state index contributed by atoms with van der Waals surface area (Å²) in [6.07, 6.45) is 0. The van der Waals surface area contributed by atoms with Crippen molar-refractivity contribution in [3.05, 3.63) is 0 Å². The van der Waals surface area contributed by atoms with Gasteiger partial charge in [0.15, 0.2) is 0 Å². The lowest BCUT2D eigenvalue weighted by molar-refractivity contribution is -0.136. The van der Waals surface area contributed by atoms with Crippen LogP contribution in [0.5, 0.6) is 0 Å². The minimum atomic E-state index is -2.23. The second-order valence-electron chi connectivity index (χ2n) is 2.39. The van der Waals surface area contributed by atoms with Crippen LogP contribution in [0.25, 0.3) is 0 Å². The first-order valence-electron chi connectivity index (χ1n) is 3.29. The Morgan fingerprint density at radius 1 is 1.08 bits per heavy atom. The highest BCUT2D eigenvalue weighted by molar-refractivity contribution is 7.48. The summed E-state index contributed by atoms with van der Waals surface area (Å²) >= 11 is 0. The molecule has 2 unspecified atom stereocenters. The van der Waals surface area contributed by atoms with Gasteiger partial charge in [-0.2, -0.15) is 0 Å². The molecule has 0 heterocycles. The van der Waals surface area contributed by atoms with E-state index in [1.807, 2.05) is 0 Å². The fourth-order valence-corrected chi connectivity index (χ4v) is 1.66. The molecule has 2 atom stereocenters. The zero-order valence-corrected chi connectivity index (χ0v) is 7.62. The van der Waals surface area contributed by atoms with Crippen LogP contribution in [-0.2, 0) is 14.2 Å². The molecule has 0 aromatic heterocycles. The smallest absolute Gasteiger partial charge is 0.317 e. The molecule has 0 bridgehead atoms. The van der Waals surface area contributed by atoms with Gasteiger partial charge in [-0.25, -0.2) is 0 Å². The Hall–Kier alpha value is -0.960. The molecule has 69 valence electrons. The third kappa shape index (κ3) is 2.58. The summed E-state index contributed by atoms with van der Waals surface area (Å²) in [6, 6.07) is 0. The summed E-state index contributed by atoms with van der Waals surface area (Å²) < 4.78 is 11.1. The van der Waals surface area contributed by atoms with Crippen LogP contribution >= 0.6 is 7.80 Å². The molecule has 0 amide bonds. The van der Waals surface area contributed by atoms with Gasteiger partial charge in [-0.15, -0.1) is 0 Å². The van der Waals surface area contributed by atoms with Crippen LogP contribution in [0, 0.1) is 0 Å². The van der Waals surface area contributed by atoms with Crippen LogP contribution in [0.4, 0.5) is 0 Å². The summed E-state index contributed by atoms with van der Waals surface area (Å²) in [5.41, 5.74) is -2.21. The number of carbonyl (C=O) groups is 2. The van der Waals surface area contributed by atoms with Gasteiger partial charge in [0.2, 0.25) is 0 Å². The molecule has 0 aromatic carbocycles. The number of carboxylic acids is 2. The predicted molar refractivity (Wildman–Crippen MR) is 41.8 cm³/mol. The van der Waals surface area contributed by atoms with Crippen LogP contribution in [0.15, 0.2) is 0 Å². The topological polar surface area (TPSA) is 91.7 Å². The van der Waals surface area contributed by atoms with Crippen LogP contribution < -0.4 is 0 Å². The van der Waals surface area contributed by atoms with Gasteiger partial charge >= 0.3 is 11.9 Å². The third-order valence-electron chi connectivity index (χ3n) is 1.48. The van der Waals surface area contributed by atoms with E-state index in [-0.39, 0.29) is 0 Å². The Balaban J connectivity index is 4.39. The van der Waals surface area contributed by atoms with Crippen molar-refractivity contribution in [1.29, 1.82) is 0 Å². The van der Waals surface area contributed by atoms with Gasteiger partial charge in [0, 0.05) is 0 Å². The van der Waals surface area contributed by atoms with Crippen LogP contribution in [0.1, 0.15) is 13.8 Å². The second-order valence-corrected chi connectivity index (χ2v) is 4.66. The fraction of sp³-hybridized carbons (Fsp3) is 0.667. The predicted octanol–water partition coefficient (Wildman–Crippen LogP) is 0.760. The van der Waals surface area contributed by atoms with E-state index >= 15 is 0 Å². The molecular weight excluding hydrogens is 183 g/mol. The maximum absolute atomic E-state index is 11.1. The molecule has 2 N–H and O–H groups in total. The van der Waals surface area contributed by atoms with E-state index in [2.05, 4.69) is 0 Å². The molecule has 0 saturated carbocycles. The summed E-state index contributed by atoms with van der Waals surface area (Å²) in [4.78, 5) is 20.6. The van der Waals surface area contributed by atoms with Gasteiger partial charge in [-0.1, -0.05) is 0 Å². The maximum atomic E-state index is 11.1. The summed E-state index contributed by atoms with van der Waals surface area (Å²) in [7, 11) is -2.23. The molecule has 0 aromatic rings. The van der Waals surface area contributed by atoms with Crippen molar-refractivity contribution >= 4 is 19.7 Å². The van der Waals surface area contributed by atoms with Crippen molar-refractivity contribution < 1.29 is 24.4 Å². The minimum absolute atomic E-state index is 1.11. The Bertz CT molecular complexity index is 202. The third-order valence-corrected chi connectivity index (χ3v) is 3.45. The van der Waals surface area contributed by atoms with Gasteiger partial charge in [0.1, 0.15) is 19.1 Å². The molecule has 12 heavy (non-hydrogen) atoms. The van der Waals surface area contributed by atoms with Gasteiger partial charge in [0.25, 0.3) is 0 Å². The summed E-state index contributed by atoms with van der Waals surface area (Å²) in [6.45, 7) is 2.47. The van der Waals surface area contributed by atoms with Crippen LogP contribution in [-0.4, -0.2) is 33.5 Å². The first-order chi connectivity index (χ1) is 5.37. The van der Waals surface area contributed by atoms with Crippen LogP contribution in [0.3, 0.4) is 0 Å². The second kappa shape index (κ2) is 4.16. The molecule has 0 aliphatic carbocycles. The van der Waals surface area contributed by atoms with Crippen molar-refractivity contribution in [2.45, 2.75) is 25.2 Å². The fourth-order valence-electron chi connectivity index (χ4n) is 0.553. The number of hydrogen-bond donors (Lipinski definition) is 2. The number of rotatable bonds is 4. The first-order valence-corrected chi connectivity index (χ1v) is 4.68. The summed E-state index contributed by atoms with van der Waals surface area (Å²) in [5.74, 6) is -2.46. The highest BCUT2D eigenvalue weighted by atomic mass is 31.1. The van der Waals surface area contributed by atoms with E-state index < -0.39 is 31.1 Å². The highest BCUT2D eigenvalue weighted by Crippen LogP contribution is 2.33. The van der Waals surface area contributed by atoms with Gasteiger partial charge in [-0.05, 0) is 13.8 Å². The van der Waals surface area contributed by atoms with E-state index in [4.69, 9.17) is 10.2 Å². The highest BCUT2D eigenvalue weighted by Gasteiger charge is 2.28. The number of carboxylic acid groups (broad SMARTS) is 2. The van der Waals surface area contributed by atoms with Gasteiger partial charge in [0.05, 0.1) is 0 Å². The zero-order chi connectivity index (χ0) is 9.89. The van der Waals surface area contributed by atoms with E-state index in [1.54, 1.807) is 0 Å². The molecule has 0 spiro atoms. The first kappa shape index (κ1) is 11.0.